The standard InChI is InChI=1S/C18H11FN4O2S/c19-14-3-1-12(2-4-14)17-11-26-18(22-17)13(9-20)10-21-15-5-7-16(8-6-15)23(24)25/h1-8,10-11,21H. The molecule has 0 saturated carbocycles. The Morgan fingerprint density at radius 1 is 1.23 bits per heavy atom. The summed E-state index contributed by atoms with van der Waals surface area (Å²) in [7, 11) is 0. The normalized spacial score (nSPS) is 11.0. The highest BCUT2D eigenvalue weighted by Gasteiger charge is 2.09. The predicted octanol–water partition coefficient (Wildman–Crippen LogP) is 4.83. The molecule has 3 aromatic rings. The lowest BCUT2D eigenvalue weighted by Crippen LogP contribution is -1.92. The summed E-state index contributed by atoms with van der Waals surface area (Å²) in [6, 6.07) is 13.9. The second-order valence-corrected chi connectivity index (χ2v) is 6.02. The smallest absolute Gasteiger partial charge is 0.269 e. The summed E-state index contributed by atoms with van der Waals surface area (Å²) in [5.41, 5.74) is 2.33. The van der Waals surface area contributed by atoms with Gasteiger partial charge in [-0.2, -0.15) is 5.26 Å². The van der Waals surface area contributed by atoms with Gasteiger partial charge < -0.3 is 5.32 Å². The van der Waals surface area contributed by atoms with Crippen LogP contribution >= 0.6 is 11.3 Å². The molecule has 2 aromatic carbocycles. The quantitative estimate of drug-likeness (QED) is 0.396. The van der Waals surface area contributed by atoms with Gasteiger partial charge in [-0.1, -0.05) is 0 Å². The van der Waals surface area contributed by atoms with Gasteiger partial charge in [0.15, 0.2) is 0 Å². The summed E-state index contributed by atoms with van der Waals surface area (Å²) in [6.45, 7) is 0. The third-order valence-corrected chi connectivity index (χ3v) is 4.33. The summed E-state index contributed by atoms with van der Waals surface area (Å²) in [5.74, 6) is -0.325. The topological polar surface area (TPSA) is 91.8 Å². The minimum Gasteiger partial charge on any atom is -0.360 e. The second kappa shape index (κ2) is 7.55. The number of halogens is 1. The van der Waals surface area contributed by atoms with Gasteiger partial charge in [-0.25, -0.2) is 9.37 Å². The Morgan fingerprint density at radius 2 is 1.92 bits per heavy atom. The molecular formula is C18H11FN4O2S. The van der Waals surface area contributed by atoms with Crippen LogP contribution in [0.1, 0.15) is 5.01 Å². The Kier molecular flexibility index (Phi) is 5.01. The first-order valence-corrected chi connectivity index (χ1v) is 8.28. The van der Waals surface area contributed by atoms with Crippen LogP contribution in [0.3, 0.4) is 0 Å². The molecule has 0 unspecified atom stereocenters. The molecule has 1 heterocycles. The molecule has 0 radical (unpaired) electrons. The lowest BCUT2D eigenvalue weighted by atomic mass is 10.2. The number of nitro groups is 1. The van der Waals surface area contributed by atoms with E-state index in [1.54, 1.807) is 29.6 Å². The number of non-ortho nitro benzene ring substituents is 1. The Hall–Kier alpha value is -3.57. The average Bonchev–Trinajstić information content (AvgIpc) is 3.13. The zero-order valence-electron chi connectivity index (χ0n) is 13.2. The maximum Gasteiger partial charge on any atom is 0.269 e. The first kappa shape index (κ1) is 17.3. The zero-order valence-corrected chi connectivity index (χ0v) is 14.0. The van der Waals surface area contributed by atoms with Gasteiger partial charge in [0.2, 0.25) is 0 Å². The number of thiazole rings is 1. The molecule has 0 spiro atoms. The highest BCUT2D eigenvalue weighted by Crippen LogP contribution is 2.26. The number of rotatable bonds is 5. The molecule has 0 fully saturated rings. The zero-order chi connectivity index (χ0) is 18.5. The van der Waals surface area contributed by atoms with Crippen LogP contribution in [0.4, 0.5) is 15.8 Å². The summed E-state index contributed by atoms with van der Waals surface area (Å²) in [6.07, 6.45) is 1.49. The predicted molar refractivity (Wildman–Crippen MR) is 97.8 cm³/mol. The van der Waals surface area contributed by atoms with Crippen molar-refractivity contribution in [1.82, 2.24) is 4.98 Å². The molecule has 0 atom stereocenters. The monoisotopic (exact) mass is 366 g/mol. The molecule has 6 nitrogen and oxygen atoms in total. The number of nitriles is 1. The van der Waals surface area contributed by atoms with E-state index < -0.39 is 4.92 Å². The number of nitrogens with one attached hydrogen (secondary N) is 1. The van der Waals surface area contributed by atoms with Crippen LogP contribution in [0.2, 0.25) is 0 Å². The van der Waals surface area contributed by atoms with Crippen molar-refractivity contribution in [3.63, 3.8) is 0 Å². The van der Waals surface area contributed by atoms with Crippen LogP contribution in [0.15, 0.2) is 60.1 Å². The average molecular weight is 366 g/mol. The van der Waals surface area contributed by atoms with E-state index in [-0.39, 0.29) is 11.5 Å². The number of nitrogens with zero attached hydrogens (tertiary/aromatic N) is 3. The molecule has 0 aliphatic rings. The second-order valence-electron chi connectivity index (χ2n) is 5.16. The van der Waals surface area contributed by atoms with Crippen LogP contribution in [0.25, 0.3) is 16.8 Å². The number of anilines is 1. The molecule has 128 valence electrons. The highest BCUT2D eigenvalue weighted by atomic mass is 32.1. The minimum atomic E-state index is -0.479. The number of benzene rings is 2. The Morgan fingerprint density at radius 3 is 2.54 bits per heavy atom. The number of aromatic nitrogens is 1. The molecule has 1 aromatic heterocycles. The van der Waals surface area contributed by atoms with E-state index in [0.717, 1.165) is 5.56 Å². The first-order chi connectivity index (χ1) is 12.6. The summed E-state index contributed by atoms with van der Waals surface area (Å²) in [4.78, 5) is 14.6. The maximum atomic E-state index is 13.0. The van der Waals surface area contributed by atoms with Crippen LogP contribution in [0.5, 0.6) is 0 Å². The first-order valence-electron chi connectivity index (χ1n) is 7.40. The van der Waals surface area contributed by atoms with Gasteiger partial charge in [0.1, 0.15) is 22.5 Å². The molecule has 1 N–H and O–H groups in total. The lowest BCUT2D eigenvalue weighted by Gasteiger charge is -2.01. The van der Waals surface area contributed by atoms with Gasteiger partial charge in [-0.05, 0) is 36.4 Å². The van der Waals surface area contributed by atoms with Crippen molar-refractivity contribution in [1.29, 1.82) is 5.26 Å². The van der Waals surface area contributed by atoms with Crippen LogP contribution in [-0.2, 0) is 0 Å². The molecular weight excluding hydrogens is 355 g/mol. The van der Waals surface area contributed by atoms with Crippen molar-refractivity contribution >= 4 is 28.3 Å². The Labute approximate surface area is 152 Å². The van der Waals surface area contributed by atoms with Crippen molar-refractivity contribution in [3.8, 4) is 17.3 Å². The number of hydrogen-bond acceptors (Lipinski definition) is 6. The Bertz CT molecular complexity index is 1000. The molecule has 0 amide bonds. The molecule has 0 bridgehead atoms. The lowest BCUT2D eigenvalue weighted by molar-refractivity contribution is -0.384. The van der Waals surface area contributed by atoms with Gasteiger partial charge in [0.25, 0.3) is 5.69 Å². The van der Waals surface area contributed by atoms with E-state index in [1.807, 2.05) is 0 Å². The fraction of sp³-hybridized carbons (Fsp3) is 0. The highest BCUT2D eigenvalue weighted by molar-refractivity contribution is 7.11. The van der Waals surface area contributed by atoms with E-state index in [0.29, 0.717) is 22.0 Å². The van der Waals surface area contributed by atoms with Crippen LogP contribution in [-0.4, -0.2) is 9.91 Å². The largest absolute Gasteiger partial charge is 0.360 e. The Balaban J connectivity index is 1.78. The van der Waals surface area contributed by atoms with Crippen molar-refractivity contribution in [2.75, 3.05) is 5.32 Å². The fourth-order valence-electron chi connectivity index (χ4n) is 2.13. The molecule has 0 aliphatic heterocycles. The molecule has 8 heteroatoms. The van der Waals surface area contributed by atoms with Gasteiger partial charge in [0, 0.05) is 35.0 Å². The number of allylic oxidation sites excluding steroid dienone is 1. The van der Waals surface area contributed by atoms with E-state index in [1.165, 1.54) is 41.8 Å². The van der Waals surface area contributed by atoms with Crippen molar-refractivity contribution in [3.05, 3.63) is 81.1 Å². The van der Waals surface area contributed by atoms with E-state index in [4.69, 9.17) is 0 Å². The third-order valence-electron chi connectivity index (χ3n) is 3.46. The fourth-order valence-corrected chi connectivity index (χ4v) is 2.92. The molecule has 0 saturated heterocycles. The SMILES string of the molecule is N#CC(=CNc1ccc([N+](=O)[O-])cc1)c1nc(-c2ccc(F)cc2)cs1. The number of nitro benzene ring substituents is 1. The van der Waals surface area contributed by atoms with Gasteiger partial charge in [-0.3, -0.25) is 10.1 Å². The van der Waals surface area contributed by atoms with Crippen molar-refractivity contribution < 1.29 is 9.31 Å². The molecule has 26 heavy (non-hydrogen) atoms. The van der Waals surface area contributed by atoms with Gasteiger partial charge in [-0.15, -0.1) is 11.3 Å². The summed E-state index contributed by atoms with van der Waals surface area (Å²) >= 11 is 1.30. The van der Waals surface area contributed by atoms with Crippen LogP contribution < -0.4 is 5.32 Å². The summed E-state index contributed by atoms with van der Waals surface area (Å²) in [5, 5.41) is 25.2. The molecule has 0 aliphatic carbocycles. The van der Waals surface area contributed by atoms with E-state index >= 15 is 0 Å². The maximum absolute atomic E-state index is 13.0. The summed E-state index contributed by atoms with van der Waals surface area (Å²) < 4.78 is 13.0. The van der Waals surface area contributed by atoms with E-state index in [2.05, 4.69) is 16.4 Å². The number of hydrogen-bond donors (Lipinski definition) is 1. The van der Waals surface area contributed by atoms with Crippen molar-refractivity contribution in [2.45, 2.75) is 0 Å². The van der Waals surface area contributed by atoms with E-state index in [9.17, 15) is 19.8 Å². The third kappa shape index (κ3) is 3.91. The minimum absolute atomic E-state index is 0.0103. The van der Waals surface area contributed by atoms with Crippen LogP contribution in [0, 0.1) is 27.3 Å². The van der Waals surface area contributed by atoms with Gasteiger partial charge >= 0.3 is 0 Å². The van der Waals surface area contributed by atoms with Gasteiger partial charge in [0.05, 0.1) is 10.6 Å². The van der Waals surface area contributed by atoms with Crippen molar-refractivity contribution in [2.24, 2.45) is 0 Å². The molecule has 3 rings (SSSR count).